The van der Waals surface area contributed by atoms with Crippen LogP contribution in [-0.4, -0.2) is 67.1 Å². The fourth-order valence-corrected chi connectivity index (χ4v) is 5.93. The topological polar surface area (TPSA) is 77.2 Å². The first-order valence-electron chi connectivity index (χ1n) is 12.3. The van der Waals surface area contributed by atoms with Crippen LogP contribution in [-0.2, 0) is 10.2 Å². The van der Waals surface area contributed by atoms with E-state index in [-0.39, 0.29) is 11.8 Å². The van der Waals surface area contributed by atoms with Crippen molar-refractivity contribution >= 4 is 41.6 Å². The predicted octanol–water partition coefficient (Wildman–Crippen LogP) is 2.01. The summed E-state index contributed by atoms with van der Waals surface area (Å²) in [6.07, 6.45) is 2.77. The Morgan fingerprint density at radius 1 is 1.06 bits per heavy atom. The number of likely N-dealkylation sites (N-methyl/N-ethyl adjacent to an activating group) is 1. The second-order valence-corrected chi connectivity index (χ2v) is 10.3. The van der Waals surface area contributed by atoms with Gasteiger partial charge in [0.1, 0.15) is 19.4 Å². The molecule has 2 aromatic carbocycles. The molecule has 2 fully saturated rings. The first-order valence-corrected chi connectivity index (χ1v) is 12.3. The summed E-state index contributed by atoms with van der Waals surface area (Å²) in [4.78, 5) is 22.4. The average Bonchev–Trinajstić information content (AvgIpc) is 3.40. The van der Waals surface area contributed by atoms with Crippen LogP contribution >= 0.6 is 0 Å². The van der Waals surface area contributed by atoms with Crippen LogP contribution in [0.1, 0.15) is 23.5 Å². The van der Waals surface area contributed by atoms with Gasteiger partial charge in [-0.2, -0.15) is 5.10 Å². The van der Waals surface area contributed by atoms with E-state index in [1.165, 1.54) is 11.0 Å². The summed E-state index contributed by atoms with van der Waals surface area (Å²) in [5, 5.41) is 12.0. The SMILES string of the molecule is Bc1ccc2c(c1)[C@]1(CC1c1ccc3c(-c4ccc(N5CCN(C)CC5)nc4)n[nH]c3c1)C(=O)N2. The number of H-pyrrole nitrogens is 1. The Bertz CT molecular complexity index is 1470. The second kappa shape index (κ2) is 7.42. The van der Waals surface area contributed by atoms with Crippen LogP contribution in [0, 0.1) is 0 Å². The number of rotatable bonds is 3. The van der Waals surface area contributed by atoms with Crippen LogP contribution in [0.15, 0.2) is 54.7 Å². The van der Waals surface area contributed by atoms with Crippen LogP contribution in [0.25, 0.3) is 22.2 Å². The highest BCUT2D eigenvalue weighted by molar-refractivity contribution is 6.32. The molecule has 1 unspecified atom stereocenters. The second-order valence-electron chi connectivity index (χ2n) is 10.3. The lowest BCUT2D eigenvalue weighted by Gasteiger charge is -2.33. The smallest absolute Gasteiger partial charge is 0.235 e. The minimum Gasteiger partial charge on any atom is -0.354 e. The van der Waals surface area contributed by atoms with Crippen molar-refractivity contribution in [2.45, 2.75) is 17.8 Å². The summed E-state index contributed by atoms with van der Waals surface area (Å²) < 4.78 is 0. The van der Waals surface area contributed by atoms with Crippen molar-refractivity contribution in [1.82, 2.24) is 20.1 Å². The van der Waals surface area contributed by atoms with Gasteiger partial charge in [-0.15, -0.1) is 0 Å². The molecule has 0 bridgehead atoms. The number of piperazine rings is 1. The van der Waals surface area contributed by atoms with Crippen LogP contribution in [0.3, 0.4) is 0 Å². The minimum atomic E-state index is -0.430. The van der Waals surface area contributed by atoms with Crippen molar-refractivity contribution < 1.29 is 4.79 Å². The zero-order valence-corrected chi connectivity index (χ0v) is 20.0. The summed E-state index contributed by atoms with van der Waals surface area (Å²) in [6, 6.07) is 16.9. The van der Waals surface area contributed by atoms with Crippen LogP contribution in [0.4, 0.5) is 11.5 Å². The number of pyridine rings is 1. The number of amides is 1. The van der Waals surface area contributed by atoms with E-state index in [9.17, 15) is 4.79 Å². The van der Waals surface area contributed by atoms with Gasteiger partial charge < -0.3 is 15.1 Å². The van der Waals surface area contributed by atoms with Gasteiger partial charge in [-0.3, -0.25) is 9.89 Å². The molecule has 7 nitrogen and oxygen atoms in total. The maximum Gasteiger partial charge on any atom is 0.235 e. The quantitative estimate of drug-likeness (QED) is 0.456. The lowest BCUT2D eigenvalue weighted by molar-refractivity contribution is -0.118. The molecule has 1 spiro atoms. The van der Waals surface area contributed by atoms with Crippen molar-refractivity contribution in [3.8, 4) is 11.3 Å². The number of anilines is 2. The third-order valence-corrected chi connectivity index (χ3v) is 8.11. The third-order valence-electron chi connectivity index (χ3n) is 8.11. The highest BCUT2D eigenvalue weighted by Gasteiger charge is 2.65. The Labute approximate surface area is 204 Å². The van der Waals surface area contributed by atoms with E-state index in [1.54, 1.807) is 0 Å². The van der Waals surface area contributed by atoms with Crippen LogP contribution in [0.2, 0.25) is 0 Å². The lowest BCUT2D eigenvalue weighted by Crippen LogP contribution is -2.44. The highest BCUT2D eigenvalue weighted by atomic mass is 16.2. The molecule has 2 atom stereocenters. The largest absolute Gasteiger partial charge is 0.354 e. The number of benzene rings is 2. The Morgan fingerprint density at radius 2 is 1.91 bits per heavy atom. The number of aromatic nitrogens is 3. The van der Waals surface area contributed by atoms with E-state index in [2.05, 4.69) is 82.7 Å². The maximum atomic E-state index is 13.0. The highest BCUT2D eigenvalue weighted by Crippen LogP contribution is 2.64. The van der Waals surface area contributed by atoms with Crippen molar-refractivity contribution in [3.63, 3.8) is 0 Å². The van der Waals surface area contributed by atoms with Crippen molar-refractivity contribution in [3.05, 3.63) is 65.9 Å². The maximum absolute atomic E-state index is 13.0. The molecule has 174 valence electrons. The first-order chi connectivity index (χ1) is 17.0. The van der Waals surface area contributed by atoms with Gasteiger partial charge in [-0.05, 0) is 48.9 Å². The number of aromatic amines is 1. The molecule has 7 rings (SSSR count). The minimum absolute atomic E-state index is 0.125. The Kier molecular flexibility index (Phi) is 4.39. The summed E-state index contributed by atoms with van der Waals surface area (Å²) >= 11 is 0. The molecule has 1 saturated heterocycles. The van der Waals surface area contributed by atoms with Crippen LogP contribution < -0.4 is 15.7 Å². The van der Waals surface area contributed by atoms with Crippen LogP contribution in [0.5, 0.6) is 0 Å². The molecule has 2 aromatic heterocycles. The molecule has 3 aliphatic rings. The Balaban J connectivity index is 1.17. The normalized spacial score (nSPS) is 23.6. The molecular formula is C27H27BN6O. The standard InChI is InChI=1S/C27H27BN6O/c1-33-8-10-34(11-9-33)24-7-3-17(15-29-24)25-19-5-2-16(12-23(19)31-32-25)21-14-27(21)20-13-18(28)4-6-22(20)30-26(27)35/h2-7,12-13,15,21H,8-11,14,28H2,1H3,(H,30,35)(H,31,32)/t21?,27-/m0/s1. The van der Waals surface area contributed by atoms with E-state index >= 15 is 0 Å². The summed E-state index contributed by atoms with van der Waals surface area (Å²) in [7, 11) is 4.24. The molecule has 2 N–H and O–H groups in total. The number of carbonyl (C=O) groups is 1. The van der Waals surface area contributed by atoms with Gasteiger partial charge in [0.15, 0.2) is 0 Å². The summed E-state index contributed by atoms with van der Waals surface area (Å²) in [5.74, 6) is 1.33. The molecular weight excluding hydrogens is 435 g/mol. The molecule has 1 aliphatic carbocycles. The number of carbonyl (C=O) groups excluding carboxylic acids is 1. The average molecular weight is 462 g/mol. The number of hydrogen-bond acceptors (Lipinski definition) is 5. The molecule has 1 saturated carbocycles. The zero-order chi connectivity index (χ0) is 23.7. The van der Waals surface area contributed by atoms with Gasteiger partial charge in [0, 0.05) is 54.9 Å². The first kappa shape index (κ1) is 20.7. The van der Waals surface area contributed by atoms with E-state index in [1.807, 2.05) is 12.3 Å². The molecule has 4 heterocycles. The molecule has 35 heavy (non-hydrogen) atoms. The zero-order valence-electron chi connectivity index (χ0n) is 20.0. The molecule has 0 radical (unpaired) electrons. The molecule has 8 heteroatoms. The monoisotopic (exact) mass is 462 g/mol. The summed E-state index contributed by atoms with van der Waals surface area (Å²) in [6.45, 7) is 4.12. The number of nitrogens with zero attached hydrogens (tertiary/aromatic N) is 4. The molecule has 2 aliphatic heterocycles. The van der Waals surface area contributed by atoms with Gasteiger partial charge >= 0.3 is 0 Å². The fourth-order valence-electron chi connectivity index (χ4n) is 5.93. The predicted molar refractivity (Wildman–Crippen MR) is 141 cm³/mol. The van der Waals surface area contributed by atoms with Crippen molar-refractivity contribution in [2.75, 3.05) is 43.4 Å². The molecule has 4 aromatic rings. The van der Waals surface area contributed by atoms with E-state index in [0.29, 0.717) is 0 Å². The van der Waals surface area contributed by atoms with Crippen molar-refractivity contribution in [1.29, 1.82) is 0 Å². The van der Waals surface area contributed by atoms with E-state index < -0.39 is 5.41 Å². The third kappa shape index (κ3) is 3.13. The molecule has 1 amide bonds. The van der Waals surface area contributed by atoms with Gasteiger partial charge in [-0.1, -0.05) is 29.7 Å². The van der Waals surface area contributed by atoms with Crippen molar-refractivity contribution in [2.24, 2.45) is 0 Å². The number of fused-ring (bicyclic) bond motifs is 3. The van der Waals surface area contributed by atoms with Gasteiger partial charge in [0.05, 0.1) is 10.9 Å². The van der Waals surface area contributed by atoms with Gasteiger partial charge in [0.2, 0.25) is 5.91 Å². The van der Waals surface area contributed by atoms with Gasteiger partial charge in [-0.25, -0.2) is 4.98 Å². The summed E-state index contributed by atoms with van der Waals surface area (Å²) in [5.41, 5.74) is 6.95. The lowest BCUT2D eigenvalue weighted by atomic mass is 9.86. The Morgan fingerprint density at radius 3 is 2.71 bits per heavy atom. The number of hydrogen-bond donors (Lipinski definition) is 2. The van der Waals surface area contributed by atoms with E-state index in [4.69, 9.17) is 4.98 Å². The Hall–Kier alpha value is -3.65. The number of nitrogens with one attached hydrogen (secondary N) is 2. The van der Waals surface area contributed by atoms with Gasteiger partial charge in [0.25, 0.3) is 0 Å². The van der Waals surface area contributed by atoms with E-state index in [0.717, 1.165) is 71.8 Å². The fraction of sp³-hybridized carbons (Fsp3) is 0.296.